The smallest absolute Gasteiger partial charge is 0.239 e. The molecule has 1 aromatic rings. The van der Waals surface area contributed by atoms with Gasteiger partial charge in [0.15, 0.2) is 0 Å². The molecule has 20 heavy (non-hydrogen) atoms. The number of primary amides is 1. The minimum Gasteiger partial charge on any atom is -0.368 e. The molecule has 1 aliphatic rings. The van der Waals surface area contributed by atoms with Gasteiger partial charge in [-0.15, -0.1) is 0 Å². The molecule has 110 valence electrons. The molecular weight excluding hydrogens is 295 g/mol. The summed E-state index contributed by atoms with van der Waals surface area (Å²) < 4.78 is 0. The van der Waals surface area contributed by atoms with E-state index in [-0.39, 0.29) is 5.91 Å². The van der Waals surface area contributed by atoms with Crippen LogP contribution in [0.3, 0.4) is 0 Å². The van der Waals surface area contributed by atoms with Crippen LogP contribution < -0.4 is 11.1 Å². The second kappa shape index (κ2) is 7.30. The Hall–Kier alpha value is -0.770. The van der Waals surface area contributed by atoms with Gasteiger partial charge in [0.1, 0.15) is 6.04 Å². The number of nitrogens with two attached hydrogens (primary N) is 1. The van der Waals surface area contributed by atoms with Crippen LogP contribution in [-0.4, -0.2) is 11.9 Å². The second-order valence-corrected chi connectivity index (χ2v) is 6.18. The van der Waals surface area contributed by atoms with E-state index in [0.717, 1.165) is 18.4 Å². The van der Waals surface area contributed by atoms with Crippen molar-refractivity contribution < 1.29 is 4.79 Å². The molecule has 5 heteroatoms. The Morgan fingerprint density at radius 3 is 2.35 bits per heavy atom. The average Bonchev–Trinajstić information content (AvgIpc) is 2.67. The molecule has 1 saturated carbocycles. The zero-order valence-corrected chi connectivity index (χ0v) is 12.9. The van der Waals surface area contributed by atoms with E-state index in [1.807, 2.05) is 0 Å². The summed E-state index contributed by atoms with van der Waals surface area (Å²) in [4.78, 5) is 11.7. The molecule has 1 aliphatic carbocycles. The van der Waals surface area contributed by atoms with E-state index in [2.05, 4.69) is 5.32 Å². The van der Waals surface area contributed by atoms with Crippen molar-refractivity contribution in [2.75, 3.05) is 0 Å². The third-order valence-corrected chi connectivity index (χ3v) is 4.56. The maximum atomic E-state index is 11.7. The van der Waals surface area contributed by atoms with Gasteiger partial charge in [-0.1, -0.05) is 55.0 Å². The lowest BCUT2D eigenvalue weighted by atomic mass is 10.0. The first-order valence-corrected chi connectivity index (χ1v) is 7.84. The third-order valence-electron chi connectivity index (χ3n) is 3.82. The SMILES string of the molecule is NC(=O)C(NC1CCCCCC1)c1ccc(Cl)c(Cl)c1. The number of carbonyl (C=O) groups is 1. The van der Waals surface area contributed by atoms with Crippen molar-refractivity contribution >= 4 is 29.1 Å². The first kappa shape index (κ1) is 15.6. The standard InChI is InChI=1S/C15H20Cl2N2O/c16-12-8-7-10(9-13(12)17)14(15(18)20)19-11-5-3-1-2-4-6-11/h7-9,11,14,19H,1-6H2,(H2,18,20). The highest BCUT2D eigenvalue weighted by Crippen LogP contribution is 2.27. The lowest BCUT2D eigenvalue weighted by Crippen LogP contribution is -2.39. The van der Waals surface area contributed by atoms with Crippen molar-refractivity contribution in [3.05, 3.63) is 33.8 Å². The van der Waals surface area contributed by atoms with Crippen molar-refractivity contribution in [1.29, 1.82) is 0 Å². The van der Waals surface area contributed by atoms with Crippen LogP contribution in [0.1, 0.15) is 50.1 Å². The van der Waals surface area contributed by atoms with Gasteiger partial charge >= 0.3 is 0 Å². The van der Waals surface area contributed by atoms with Crippen molar-refractivity contribution in [1.82, 2.24) is 5.32 Å². The Kier molecular flexibility index (Phi) is 5.70. The van der Waals surface area contributed by atoms with Gasteiger partial charge in [0.2, 0.25) is 5.91 Å². The molecule has 1 atom stereocenters. The van der Waals surface area contributed by atoms with E-state index in [1.54, 1.807) is 18.2 Å². The van der Waals surface area contributed by atoms with Crippen molar-refractivity contribution in [3.63, 3.8) is 0 Å². The molecule has 3 nitrogen and oxygen atoms in total. The number of benzene rings is 1. The largest absolute Gasteiger partial charge is 0.368 e. The van der Waals surface area contributed by atoms with E-state index in [4.69, 9.17) is 28.9 Å². The van der Waals surface area contributed by atoms with E-state index >= 15 is 0 Å². The van der Waals surface area contributed by atoms with E-state index in [1.165, 1.54) is 25.7 Å². The monoisotopic (exact) mass is 314 g/mol. The summed E-state index contributed by atoms with van der Waals surface area (Å²) in [5.41, 5.74) is 6.31. The van der Waals surface area contributed by atoms with Crippen LogP contribution in [0.2, 0.25) is 10.0 Å². The molecular formula is C15H20Cl2N2O. The summed E-state index contributed by atoms with van der Waals surface area (Å²) >= 11 is 11.9. The molecule has 2 rings (SSSR count). The molecule has 0 saturated heterocycles. The summed E-state index contributed by atoms with van der Waals surface area (Å²) in [7, 11) is 0. The van der Waals surface area contributed by atoms with Crippen LogP contribution in [0, 0.1) is 0 Å². The zero-order valence-electron chi connectivity index (χ0n) is 11.4. The van der Waals surface area contributed by atoms with Crippen molar-refractivity contribution in [2.24, 2.45) is 5.73 Å². The molecule has 0 radical (unpaired) electrons. The fourth-order valence-electron chi connectivity index (χ4n) is 2.72. The maximum absolute atomic E-state index is 11.7. The van der Waals surface area contributed by atoms with Crippen LogP contribution in [0.25, 0.3) is 0 Å². The van der Waals surface area contributed by atoms with Crippen molar-refractivity contribution in [2.45, 2.75) is 50.6 Å². The summed E-state index contributed by atoms with van der Waals surface area (Å²) in [6.07, 6.45) is 7.11. The number of carbonyl (C=O) groups excluding carboxylic acids is 1. The maximum Gasteiger partial charge on any atom is 0.239 e. The Balaban J connectivity index is 2.13. The fourth-order valence-corrected chi connectivity index (χ4v) is 3.02. The summed E-state index contributed by atoms with van der Waals surface area (Å²) in [6.45, 7) is 0. The molecule has 0 aliphatic heterocycles. The third kappa shape index (κ3) is 4.11. The molecule has 0 spiro atoms. The molecule has 1 fully saturated rings. The highest BCUT2D eigenvalue weighted by molar-refractivity contribution is 6.42. The molecule has 0 aromatic heterocycles. The van der Waals surface area contributed by atoms with Gasteiger partial charge in [-0.25, -0.2) is 0 Å². The molecule has 1 amide bonds. The van der Waals surface area contributed by atoms with Crippen LogP contribution in [-0.2, 0) is 4.79 Å². The van der Waals surface area contributed by atoms with Crippen molar-refractivity contribution in [3.8, 4) is 0 Å². The first-order chi connectivity index (χ1) is 9.58. The summed E-state index contributed by atoms with van der Waals surface area (Å²) in [6, 6.07) is 5.04. The predicted octanol–water partition coefficient (Wildman–Crippen LogP) is 3.83. The molecule has 0 bridgehead atoms. The number of rotatable bonds is 4. The highest BCUT2D eigenvalue weighted by Gasteiger charge is 2.23. The Labute approximate surface area is 129 Å². The van der Waals surface area contributed by atoms with Gasteiger partial charge in [-0.2, -0.15) is 0 Å². The number of nitrogens with one attached hydrogen (secondary N) is 1. The first-order valence-electron chi connectivity index (χ1n) is 7.08. The van der Waals surface area contributed by atoms with Gasteiger partial charge in [-0.3, -0.25) is 10.1 Å². The Bertz CT molecular complexity index is 471. The number of hydrogen-bond donors (Lipinski definition) is 2. The van der Waals surface area contributed by atoms with E-state index < -0.39 is 6.04 Å². The van der Waals surface area contributed by atoms with E-state index in [0.29, 0.717) is 16.1 Å². The van der Waals surface area contributed by atoms with Gasteiger partial charge < -0.3 is 5.73 Å². The quantitative estimate of drug-likeness (QED) is 0.830. The van der Waals surface area contributed by atoms with Gasteiger partial charge in [0, 0.05) is 6.04 Å². The Morgan fingerprint density at radius 1 is 1.15 bits per heavy atom. The van der Waals surface area contributed by atoms with Crippen LogP contribution in [0.15, 0.2) is 18.2 Å². The molecule has 0 heterocycles. The average molecular weight is 315 g/mol. The Morgan fingerprint density at radius 2 is 1.80 bits per heavy atom. The van der Waals surface area contributed by atoms with Gasteiger partial charge in [0.05, 0.1) is 10.0 Å². The number of hydrogen-bond acceptors (Lipinski definition) is 2. The topological polar surface area (TPSA) is 55.1 Å². The summed E-state index contributed by atoms with van der Waals surface area (Å²) in [5.74, 6) is -0.382. The van der Waals surface area contributed by atoms with Gasteiger partial charge in [0.25, 0.3) is 0 Å². The van der Waals surface area contributed by atoms with Crippen LogP contribution >= 0.6 is 23.2 Å². The molecule has 3 N–H and O–H groups in total. The minimum absolute atomic E-state index is 0.337. The van der Waals surface area contributed by atoms with Crippen LogP contribution in [0.5, 0.6) is 0 Å². The lowest BCUT2D eigenvalue weighted by molar-refractivity contribution is -0.120. The van der Waals surface area contributed by atoms with E-state index in [9.17, 15) is 4.79 Å². The number of halogens is 2. The minimum atomic E-state index is -0.507. The predicted molar refractivity (Wildman–Crippen MR) is 83.0 cm³/mol. The van der Waals surface area contributed by atoms with Crippen LogP contribution in [0.4, 0.5) is 0 Å². The molecule has 1 unspecified atom stereocenters. The number of amides is 1. The molecule has 1 aromatic carbocycles. The fraction of sp³-hybridized carbons (Fsp3) is 0.533. The van der Waals surface area contributed by atoms with Gasteiger partial charge in [-0.05, 0) is 30.5 Å². The second-order valence-electron chi connectivity index (χ2n) is 5.36. The normalized spacial score (nSPS) is 18.5. The lowest BCUT2D eigenvalue weighted by Gasteiger charge is -2.23. The zero-order chi connectivity index (χ0) is 14.5. The summed E-state index contributed by atoms with van der Waals surface area (Å²) in [5, 5.41) is 4.30. The highest BCUT2D eigenvalue weighted by atomic mass is 35.5.